The van der Waals surface area contributed by atoms with Crippen molar-refractivity contribution in [1.82, 2.24) is 25.8 Å². The van der Waals surface area contributed by atoms with Crippen LogP contribution in [0.4, 0.5) is 4.79 Å². The normalized spacial score (nSPS) is 29.8. The summed E-state index contributed by atoms with van der Waals surface area (Å²) in [6, 6.07) is 3.38. The number of amides is 4. The molecule has 12 nitrogen and oxygen atoms in total. The minimum atomic E-state index is -1.12. The van der Waals surface area contributed by atoms with Gasteiger partial charge in [0.1, 0.15) is 35.1 Å². The number of hydrogen-bond acceptors (Lipinski definition) is 8. The molecule has 4 amide bonds. The highest BCUT2D eigenvalue weighted by Gasteiger charge is 2.60. The lowest BCUT2D eigenvalue weighted by Gasteiger charge is -2.32. The van der Waals surface area contributed by atoms with Crippen molar-refractivity contribution in [3.8, 4) is 11.6 Å². The van der Waals surface area contributed by atoms with Gasteiger partial charge in [0, 0.05) is 30.2 Å². The molecule has 0 radical (unpaired) electrons. The van der Waals surface area contributed by atoms with E-state index in [2.05, 4.69) is 33.9 Å². The molecule has 0 bridgehead atoms. The topological polar surface area (TPSA) is 148 Å². The van der Waals surface area contributed by atoms with Crippen LogP contribution in [0, 0.1) is 17.8 Å². The van der Waals surface area contributed by atoms with Crippen molar-refractivity contribution >= 4 is 46.2 Å². The van der Waals surface area contributed by atoms with Gasteiger partial charge in [-0.05, 0) is 64.0 Å². The van der Waals surface area contributed by atoms with Crippen molar-refractivity contribution in [2.75, 3.05) is 20.7 Å². The smallest absolute Gasteiger partial charge is 0.408 e. The van der Waals surface area contributed by atoms with E-state index >= 15 is 0 Å². The number of alkyl carbamates (subject to hydrolysis) is 1. The van der Waals surface area contributed by atoms with Crippen LogP contribution in [-0.2, 0) is 19.1 Å². The van der Waals surface area contributed by atoms with Gasteiger partial charge in [0.25, 0.3) is 0 Å². The molecule has 266 valence electrons. The molecule has 1 aromatic heterocycles. The second kappa shape index (κ2) is 14.4. The quantitative estimate of drug-likeness (QED) is 0.379. The highest BCUT2D eigenvalue weighted by Crippen LogP contribution is 2.46. The van der Waals surface area contributed by atoms with Crippen LogP contribution >= 0.6 is 11.6 Å². The number of allylic oxidation sites excluding steroid dienone is 1. The van der Waals surface area contributed by atoms with Crippen LogP contribution in [0.5, 0.6) is 11.6 Å². The molecule has 13 heteroatoms. The Morgan fingerprint density at radius 1 is 1.14 bits per heavy atom. The van der Waals surface area contributed by atoms with Gasteiger partial charge in [0.15, 0.2) is 0 Å². The Bertz CT molecular complexity index is 1630. The number of hydrogen-bond donors (Lipinski definition) is 3. The average Bonchev–Trinajstić information content (AvgIpc) is 3.58. The van der Waals surface area contributed by atoms with E-state index in [0.29, 0.717) is 34.4 Å². The summed E-state index contributed by atoms with van der Waals surface area (Å²) >= 11 is 6.53. The minimum Gasteiger partial charge on any atom is -0.494 e. The van der Waals surface area contributed by atoms with E-state index in [1.807, 2.05) is 19.1 Å². The summed E-state index contributed by atoms with van der Waals surface area (Å²) in [4.78, 5) is 61.0. The fraction of sp³-hybridized carbons (Fsp3) is 0.583. The van der Waals surface area contributed by atoms with Gasteiger partial charge in [0.2, 0.25) is 23.6 Å². The van der Waals surface area contributed by atoms with E-state index in [1.54, 1.807) is 40.0 Å². The Labute approximate surface area is 292 Å². The van der Waals surface area contributed by atoms with Crippen molar-refractivity contribution in [2.45, 2.75) is 96.1 Å². The van der Waals surface area contributed by atoms with Gasteiger partial charge in [0.05, 0.1) is 24.9 Å². The zero-order valence-corrected chi connectivity index (χ0v) is 30.1. The number of pyridine rings is 1. The molecule has 2 fully saturated rings. The van der Waals surface area contributed by atoms with E-state index in [-0.39, 0.29) is 42.5 Å². The summed E-state index contributed by atoms with van der Waals surface area (Å²) in [7, 11) is 3.07. The SMILES string of the molecule is CNC(=O)[C@@]12C[C@H]1/C=C\[C@H](C)CCC[C@@H](C)[C@H](NC(=O)OC(C)(C)C)C(=O)N1C[C@H](Oc3ncc(OC)c4c(Cl)cccc34)C[C@H]1C(=O)N2. The first-order chi connectivity index (χ1) is 23.2. The second-order valence-electron chi connectivity index (χ2n) is 14.5. The van der Waals surface area contributed by atoms with Crippen molar-refractivity contribution in [3.63, 3.8) is 0 Å². The second-order valence-corrected chi connectivity index (χ2v) is 14.9. The number of nitrogens with zero attached hydrogens (tertiary/aromatic N) is 2. The highest BCUT2D eigenvalue weighted by molar-refractivity contribution is 6.36. The molecule has 2 aliphatic heterocycles. The first kappa shape index (κ1) is 36.2. The van der Waals surface area contributed by atoms with Crippen LogP contribution in [-0.4, -0.2) is 83.7 Å². The molecule has 1 aliphatic carbocycles. The van der Waals surface area contributed by atoms with Gasteiger partial charge in [-0.2, -0.15) is 0 Å². The fourth-order valence-corrected chi connectivity index (χ4v) is 7.17. The molecule has 1 aromatic carbocycles. The highest BCUT2D eigenvalue weighted by atomic mass is 35.5. The molecule has 49 heavy (non-hydrogen) atoms. The minimum absolute atomic E-state index is 0.0409. The van der Waals surface area contributed by atoms with Crippen LogP contribution in [0.3, 0.4) is 0 Å². The summed E-state index contributed by atoms with van der Waals surface area (Å²) in [5, 5.41) is 10.2. The van der Waals surface area contributed by atoms with Gasteiger partial charge in [-0.1, -0.05) is 50.1 Å². The Morgan fingerprint density at radius 2 is 1.90 bits per heavy atom. The maximum atomic E-state index is 14.6. The summed E-state index contributed by atoms with van der Waals surface area (Å²) in [5.74, 6) is -0.662. The number of aromatic nitrogens is 1. The van der Waals surface area contributed by atoms with Crippen LogP contribution in [0.15, 0.2) is 36.5 Å². The number of fused-ring (bicyclic) bond motifs is 3. The zero-order chi connectivity index (χ0) is 35.7. The molecule has 3 heterocycles. The summed E-state index contributed by atoms with van der Waals surface area (Å²) in [5.41, 5.74) is -1.90. The number of carbonyl (C=O) groups excluding carboxylic acids is 4. The van der Waals surface area contributed by atoms with Crippen LogP contribution in [0.1, 0.15) is 66.7 Å². The van der Waals surface area contributed by atoms with Gasteiger partial charge in [-0.15, -0.1) is 0 Å². The zero-order valence-electron chi connectivity index (χ0n) is 29.3. The van der Waals surface area contributed by atoms with Crippen LogP contribution < -0.4 is 25.4 Å². The summed E-state index contributed by atoms with van der Waals surface area (Å²) < 4.78 is 17.5. The first-order valence-electron chi connectivity index (χ1n) is 17.0. The van der Waals surface area contributed by atoms with E-state index in [0.717, 1.165) is 12.8 Å². The fourth-order valence-electron chi connectivity index (χ4n) is 6.90. The molecule has 0 spiro atoms. The number of halogens is 1. The lowest BCUT2D eigenvalue weighted by atomic mass is 9.92. The molecule has 2 aromatic rings. The van der Waals surface area contributed by atoms with Crippen molar-refractivity contribution in [3.05, 3.63) is 41.6 Å². The van der Waals surface area contributed by atoms with Gasteiger partial charge < -0.3 is 35.1 Å². The molecule has 1 saturated heterocycles. The molecule has 5 rings (SSSR count). The first-order valence-corrected chi connectivity index (χ1v) is 17.4. The number of benzene rings is 1. The maximum Gasteiger partial charge on any atom is 0.408 e. The predicted molar refractivity (Wildman–Crippen MR) is 185 cm³/mol. The van der Waals surface area contributed by atoms with Gasteiger partial charge >= 0.3 is 6.09 Å². The Hall–Kier alpha value is -4.06. The van der Waals surface area contributed by atoms with Crippen LogP contribution in [0.2, 0.25) is 5.02 Å². The molecule has 1 saturated carbocycles. The molecule has 0 unspecified atom stereocenters. The largest absolute Gasteiger partial charge is 0.494 e. The third kappa shape index (κ3) is 7.90. The molecular formula is C36H48ClN5O7. The van der Waals surface area contributed by atoms with Crippen molar-refractivity contribution in [1.29, 1.82) is 0 Å². The van der Waals surface area contributed by atoms with E-state index in [9.17, 15) is 19.2 Å². The molecule has 3 aliphatic rings. The van der Waals surface area contributed by atoms with E-state index in [4.69, 9.17) is 25.8 Å². The van der Waals surface area contributed by atoms with Crippen molar-refractivity contribution in [2.24, 2.45) is 17.8 Å². The third-order valence-electron chi connectivity index (χ3n) is 9.63. The predicted octanol–water partition coefficient (Wildman–Crippen LogP) is 4.77. The number of nitrogens with one attached hydrogen (secondary N) is 3. The lowest BCUT2D eigenvalue weighted by molar-refractivity contribution is -0.142. The lowest BCUT2D eigenvalue weighted by Crippen LogP contribution is -2.58. The van der Waals surface area contributed by atoms with Crippen LogP contribution in [0.25, 0.3) is 10.8 Å². The third-order valence-corrected chi connectivity index (χ3v) is 9.94. The van der Waals surface area contributed by atoms with E-state index < -0.39 is 47.2 Å². The van der Waals surface area contributed by atoms with Gasteiger partial charge in [-0.3, -0.25) is 14.4 Å². The Morgan fingerprint density at radius 3 is 2.59 bits per heavy atom. The van der Waals surface area contributed by atoms with E-state index in [1.165, 1.54) is 18.2 Å². The number of carbonyl (C=O) groups is 4. The Balaban J connectivity index is 1.51. The molecule has 3 N–H and O–H groups in total. The number of ether oxygens (including phenoxy) is 3. The summed E-state index contributed by atoms with van der Waals surface area (Å²) in [6.07, 6.45) is 7.17. The number of methoxy groups -OCH3 is 1. The molecule has 7 atom stereocenters. The Kier molecular flexibility index (Phi) is 10.7. The van der Waals surface area contributed by atoms with Crippen molar-refractivity contribution < 1.29 is 33.4 Å². The standard InChI is InChI=1S/C36H48ClN5O7/c1-20-10-8-11-21(2)29(40-34(46)49-35(3,4)5)32(44)42-19-23(48-31-24-12-9-13-25(37)28(24)27(47-7)18-39-31)16-26(42)30(43)41-36(33(45)38-6)17-22(36)15-14-20/h9,12-15,18,20-23,26,29H,8,10-11,16-17,19H2,1-7H3,(H,38,45)(H,40,46)(H,41,43)/b15-14-/t20-,21-,22-,23-,26+,29+,36-/m1/s1. The summed E-state index contributed by atoms with van der Waals surface area (Å²) in [6.45, 7) is 9.33. The number of rotatable bonds is 5. The maximum absolute atomic E-state index is 14.6. The number of likely N-dealkylation sites (N-methyl/N-ethyl adjacent to an activating group) is 1. The average molecular weight is 698 g/mol. The molecular weight excluding hydrogens is 650 g/mol. The monoisotopic (exact) mass is 697 g/mol. The van der Waals surface area contributed by atoms with Gasteiger partial charge in [-0.25, -0.2) is 9.78 Å².